The van der Waals surface area contributed by atoms with E-state index >= 15 is 0 Å². The quantitative estimate of drug-likeness (QED) is 0.390. The number of rotatable bonds is 9. The maximum Gasteiger partial charge on any atom is 0.321 e. The van der Waals surface area contributed by atoms with Gasteiger partial charge in [-0.05, 0) is 55.8 Å². The number of nitrogens with zero attached hydrogens (tertiary/aromatic N) is 3. The number of amides is 4. The molecule has 0 bridgehead atoms. The molecule has 1 aliphatic heterocycles. The SMILES string of the molecule is CCOc1ccc(-n2c(CC3CC(=O)NC(=O)N3)nnc2SCC(=O)Nc2cccc(C)c2)cc1. The van der Waals surface area contributed by atoms with Crippen LogP contribution in [0, 0.1) is 6.92 Å². The van der Waals surface area contributed by atoms with E-state index in [1.54, 1.807) is 0 Å². The summed E-state index contributed by atoms with van der Waals surface area (Å²) in [6.07, 6.45) is 0.443. The van der Waals surface area contributed by atoms with Crippen molar-refractivity contribution in [1.29, 1.82) is 0 Å². The second-order valence-electron chi connectivity index (χ2n) is 7.99. The molecule has 1 fully saturated rings. The first-order valence-electron chi connectivity index (χ1n) is 11.2. The molecule has 1 aromatic heterocycles. The predicted molar refractivity (Wildman–Crippen MR) is 132 cm³/mol. The Balaban J connectivity index is 1.54. The molecular formula is C24H26N6O4S. The van der Waals surface area contributed by atoms with Crippen molar-refractivity contribution in [3.05, 3.63) is 59.9 Å². The topological polar surface area (TPSA) is 127 Å². The summed E-state index contributed by atoms with van der Waals surface area (Å²) >= 11 is 1.25. The Bertz CT molecular complexity index is 1210. The molecular weight excluding hydrogens is 468 g/mol. The summed E-state index contributed by atoms with van der Waals surface area (Å²) in [4.78, 5) is 36.1. The molecule has 10 nitrogen and oxygen atoms in total. The van der Waals surface area contributed by atoms with E-state index in [9.17, 15) is 14.4 Å². The molecule has 1 unspecified atom stereocenters. The highest BCUT2D eigenvalue weighted by Gasteiger charge is 2.27. The summed E-state index contributed by atoms with van der Waals surface area (Å²) in [5.41, 5.74) is 2.57. The second kappa shape index (κ2) is 11.0. The fourth-order valence-corrected chi connectivity index (χ4v) is 4.48. The number of hydrogen-bond donors (Lipinski definition) is 3. The Morgan fingerprint density at radius 3 is 2.71 bits per heavy atom. The van der Waals surface area contributed by atoms with Gasteiger partial charge >= 0.3 is 6.03 Å². The third-order valence-electron chi connectivity index (χ3n) is 5.19. The van der Waals surface area contributed by atoms with E-state index in [1.807, 2.05) is 66.9 Å². The smallest absolute Gasteiger partial charge is 0.321 e. The number of aryl methyl sites for hydroxylation is 1. The molecule has 0 spiro atoms. The molecule has 0 aliphatic carbocycles. The summed E-state index contributed by atoms with van der Waals surface area (Å²) in [6, 6.07) is 14.1. The van der Waals surface area contributed by atoms with Crippen molar-refractivity contribution in [2.24, 2.45) is 0 Å². The van der Waals surface area contributed by atoms with Crippen LogP contribution in [-0.2, 0) is 16.0 Å². The zero-order chi connectivity index (χ0) is 24.8. The Morgan fingerprint density at radius 2 is 2.00 bits per heavy atom. The summed E-state index contributed by atoms with van der Waals surface area (Å²) in [5.74, 6) is 0.920. The van der Waals surface area contributed by atoms with E-state index in [-0.39, 0.29) is 24.0 Å². The van der Waals surface area contributed by atoms with E-state index < -0.39 is 12.1 Å². The first-order chi connectivity index (χ1) is 16.9. The van der Waals surface area contributed by atoms with Crippen molar-refractivity contribution in [2.45, 2.75) is 37.9 Å². The van der Waals surface area contributed by atoms with Crippen LogP contribution in [0.25, 0.3) is 5.69 Å². The molecule has 4 amide bonds. The van der Waals surface area contributed by atoms with Crippen LogP contribution in [0.5, 0.6) is 5.75 Å². The van der Waals surface area contributed by atoms with Crippen molar-refractivity contribution >= 4 is 35.3 Å². The molecule has 11 heteroatoms. The molecule has 1 atom stereocenters. The molecule has 35 heavy (non-hydrogen) atoms. The Kier molecular flexibility index (Phi) is 7.66. The number of nitrogens with one attached hydrogen (secondary N) is 3. The van der Waals surface area contributed by atoms with Crippen LogP contribution in [0.1, 0.15) is 24.7 Å². The Hall–Kier alpha value is -3.86. The van der Waals surface area contributed by atoms with Gasteiger partial charge in [-0.15, -0.1) is 10.2 Å². The van der Waals surface area contributed by atoms with E-state index in [0.717, 1.165) is 22.7 Å². The highest BCUT2D eigenvalue weighted by atomic mass is 32.2. The molecule has 4 rings (SSSR count). The lowest BCUT2D eigenvalue weighted by Gasteiger charge is -2.23. The largest absolute Gasteiger partial charge is 0.494 e. The summed E-state index contributed by atoms with van der Waals surface area (Å²) < 4.78 is 7.37. The average Bonchev–Trinajstić information content (AvgIpc) is 3.20. The number of hydrogen-bond acceptors (Lipinski definition) is 7. The molecule has 0 radical (unpaired) electrons. The maximum atomic E-state index is 12.6. The van der Waals surface area contributed by atoms with Crippen LogP contribution >= 0.6 is 11.8 Å². The minimum atomic E-state index is -0.527. The fourth-order valence-electron chi connectivity index (χ4n) is 3.71. The molecule has 2 aromatic carbocycles. The zero-order valence-corrected chi connectivity index (χ0v) is 20.2. The third-order valence-corrected chi connectivity index (χ3v) is 6.12. The van der Waals surface area contributed by atoms with Gasteiger partial charge < -0.3 is 15.4 Å². The summed E-state index contributed by atoms with van der Waals surface area (Å²) in [7, 11) is 0. The highest BCUT2D eigenvalue weighted by molar-refractivity contribution is 7.99. The number of aromatic nitrogens is 3. The van der Waals surface area contributed by atoms with Gasteiger partial charge in [0.25, 0.3) is 0 Å². The van der Waals surface area contributed by atoms with E-state index in [2.05, 4.69) is 26.1 Å². The monoisotopic (exact) mass is 494 g/mol. The summed E-state index contributed by atoms with van der Waals surface area (Å²) in [5, 5.41) is 17.0. The predicted octanol–water partition coefficient (Wildman–Crippen LogP) is 2.85. The molecule has 1 saturated heterocycles. The number of urea groups is 1. The Labute approximate surface area is 206 Å². The lowest BCUT2D eigenvalue weighted by molar-refractivity contribution is -0.121. The number of thioether (sulfide) groups is 1. The molecule has 3 aromatic rings. The maximum absolute atomic E-state index is 12.6. The van der Waals surface area contributed by atoms with Gasteiger partial charge in [-0.1, -0.05) is 23.9 Å². The lowest BCUT2D eigenvalue weighted by Crippen LogP contribution is -2.53. The number of imide groups is 1. The highest BCUT2D eigenvalue weighted by Crippen LogP contribution is 2.25. The van der Waals surface area contributed by atoms with E-state index in [4.69, 9.17) is 4.74 Å². The van der Waals surface area contributed by atoms with Crippen molar-refractivity contribution in [3.63, 3.8) is 0 Å². The molecule has 1 aliphatic rings. The number of anilines is 1. The Morgan fingerprint density at radius 1 is 1.20 bits per heavy atom. The molecule has 182 valence electrons. The number of carbonyl (C=O) groups is 3. The number of benzene rings is 2. The van der Waals surface area contributed by atoms with Gasteiger partial charge in [-0.25, -0.2) is 4.79 Å². The van der Waals surface area contributed by atoms with Crippen molar-refractivity contribution in [2.75, 3.05) is 17.7 Å². The molecule has 0 saturated carbocycles. The minimum Gasteiger partial charge on any atom is -0.494 e. The van der Waals surface area contributed by atoms with Crippen LogP contribution in [0.2, 0.25) is 0 Å². The molecule has 2 heterocycles. The van der Waals surface area contributed by atoms with Crippen molar-refractivity contribution in [3.8, 4) is 11.4 Å². The van der Waals surface area contributed by atoms with Gasteiger partial charge in [0.2, 0.25) is 11.8 Å². The lowest BCUT2D eigenvalue weighted by atomic mass is 10.1. The zero-order valence-electron chi connectivity index (χ0n) is 19.4. The van der Waals surface area contributed by atoms with E-state index in [0.29, 0.717) is 24.0 Å². The first kappa shape index (κ1) is 24.3. The van der Waals surface area contributed by atoms with Gasteiger partial charge in [-0.2, -0.15) is 0 Å². The van der Waals surface area contributed by atoms with E-state index in [1.165, 1.54) is 11.8 Å². The van der Waals surface area contributed by atoms with Crippen LogP contribution < -0.4 is 20.7 Å². The van der Waals surface area contributed by atoms with Crippen LogP contribution in [0.3, 0.4) is 0 Å². The van der Waals surface area contributed by atoms with Crippen molar-refractivity contribution < 1.29 is 19.1 Å². The van der Waals surface area contributed by atoms with Gasteiger partial charge in [0, 0.05) is 30.3 Å². The fraction of sp³-hybridized carbons (Fsp3) is 0.292. The van der Waals surface area contributed by atoms with Crippen molar-refractivity contribution in [1.82, 2.24) is 25.4 Å². The first-order valence-corrected chi connectivity index (χ1v) is 12.2. The third kappa shape index (κ3) is 6.38. The number of carbonyl (C=O) groups excluding carboxylic acids is 3. The normalized spacial score (nSPS) is 15.3. The second-order valence-corrected chi connectivity index (χ2v) is 8.94. The van der Waals surface area contributed by atoms with Crippen LogP contribution in [0.15, 0.2) is 53.7 Å². The summed E-state index contributed by atoms with van der Waals surface area (Å²) in [6.45, 7) is 4.43. The van der Waals surface area contributed by atoms with Gasteiger partial charge in [0.05, 0.1) is 12.4 Å². The number of ether oxygens (including phenoxy) is 1. The molecule has 3 N–H and O–H groups in total. The van der Waals surface area contributed by atoms with Gasteiger partial charge in [0.1, 0.15) is 11.6 Å². The van der Waals surface area contributed by atoms with Gasteiger partial charge in [0.15, 0.2) is 5.16 Å². The van der Waals surface area contributed by atoms with Crippen LogP contribution in [-0.4, -0.2) is 51.0 Å². The van der Waals surface area contributed by atoms with Crippen LogP contribution in [0.4, 0.5) is 10.5 Å². The van der Waals surface area contributed by atoms with Gasteiger partial charge in [-0.3, -0.25) is 19.5 Å². The average molecular weight is 495 g/mol. The minimum absolute atomic E-state index is 0.131. The standard InChI is InChI=1S/C24H26N6O4S/c1-3-34-19-9-7-18(8-10-19)30-20(12-17-13-21(31)27-23(33)26-17)28-29-24(30)35-14-22(32)25-16-6-4-5-15(2)11-16/h4-11,17H,3,12-14H2,1-2H3,(H,25,32)(H2,26,27,31,33).